The first-order valence-corrected chi connectivity index (χ1v) is 6.26. The maximum Gasteiger partial charge on any atom is 0.309 e. The van der Waals surface area contributed by atoms with E-state index in [1.54, 1.807) is 28.1 Å². The monoisotopic (exact) mass is 266 g/mol. The minimum absolute atomic E-state index is 0.582. The minimum Gasteiger partial charge on any atom is -0.493 e. The molecule has 0 aliphatic carbocycles. The quantitative estimate of drug-likeness (QED) is 0.859. The molecular formula is C15H22O4. The summed E-state index contributed by atoms with van der Waals surface area (Å²) in [6.45, 7) is 5.47. The maximum absolute atomic E-state index is 11.1. The molecule has 0 saturated heterocycles. The van der Waals surface area contributed by atoms with Gasteiger partial charge in [-0.1, -0.05) is 0 Å². The molecule has 0 heterocycles. The van der Waals surface area contributed by atoms with Crippen molar-refractivity contribution in [1.29, 1.82) is 0 Å². The number of hydrogen-bond acceptors (Lipinski definition) is 3. The largest absolute Gasteiger partial charge is 0.493 e. The van der Waals surface area contributed by atoms with Gasteiger partial charge in [0.05, 0.1) is 19.6 Å². The van der Waals surface area contributed by atoms with Gasteiger partial charge >= 0.3 is 5.97 Å². The number of hydrogen-bond donors (Lipinski definition) is 1. The molecule has 4 heteroatoms. The van der Waals surface area contributed by atoms with Crippen molar-refractivity contribution in [1.82, 2.24) is 0 Å². The number of carbonyl (C=O) groups is 1. The minimum atomic E-state index is -0.773. The van der Waals surface area contributed by atoms with Crippen molar-refractivity contribution < 1.29 is 19.4 Å². The van der Waals surface area contributed by atoms with Crippen LogP contribution in [-0.4, -0.2) is 25.3 Å². The molecule has 1 aromatic carbocycles. The van der Waals surface area contributed by atoms with E-state index in [2.05, 4.69) is 0 Å². The highest BCUT2D eigenvalue weighted by Crippen LogP contribution is 2.32. The highest BCUT2D eigenvalue weighted by Gasteiger charge is 2.26. The number of carboxylic acid groups (broad SMARTS) is 1. The van der Waals surface area contributed by atoms with Gasteiger partial charge in [-0.25, -0.2) is 0 Å². The Kier molecular flexibility index (Phi) is 4.81. The van der Waals surface area contributed by atoms with Crippen LogP contribution in [0.4, 0.5) is 0 Å². The summed E-state index contributed by atoms with van der Waals surface area (Å²) in [5, 5.41) is 9.13. The first-order valence-electron chi connectivity index (χ1n) is 6.26. The molecule has 0 unspecified atom stereocenters. The first-order chi connectivity index (χ1) is 8.81. The summed E-state index contributed by atoms with van der Waals surface area (Å²) in [5.74, 6) is 0.600. The zero-order chi connectivity index (χ0) is 14.6. The van der Waals surface area contributed by atoms with Crippen molar-refractivity contribution in [2.24, 2.45) is 5.41 Å². The van der Waals surface area contributed by atoms with Crippen molar-refractivity contribution in [3.05, 3.63) is 23.3 Å². The second kappa shape index (κ2) is 5.95. The Morgan fingerprint density at radius 2 is 1.74 bits per heavy atom. The standard InChI is InChI=1S/C15H22O4/c1-10-8-12(18-4)13(19-5)9-11(10)6-7-15(2,3)14(16)17/h8-9H,6-7H2,1-5H3,(H,16,17). The van der Waals surface area contributed by atoms with Crippen LogP contribution in [0.2, 0.25) is 0 Å². The molecule has 0 fully saturated rings. The van der Waals surface area contributed by atoms with E-state index in [1.165, 1.54) is 0 Å². The van der Waals surface area contributed by atoms with E-state index in [-0.39, 0.29) is 0 Å². The van der Waals surface area contributed by atoms with Crippen molar-refractivity contribution in [3.63, 3.8) is 0 Å². The maximum atomic E-state index is 11.1. The Bertz CT molecular complexity index is 463. The van der Waals surface area contributed by atoms with Gasteiger partial charge in [0.15, 0.2) is 11.5 Å². The van der Waals surface area contributed by atoms with Crippen LogP contribution in [0, 0.1) is 12.3 Å². The molecule has 106 valence electrons. The lowest BCUT2D eigenvalue weighted by Crippen LogP contribution is -2.24. The predicted octanol–water partition coefficient (Wildman–Crippen LogP) is 3.06. The Morgan fingerprint density at radius 1 is 1.21 bits per heavy atom. The molecule has 0 aliphatic heterocycles. The molecule has 1 N–H and O–H groups in total. The Morgan fingerprint density at radius 3 is 2.21 bits per heavy atom. The van der Waals surface area contributed by atoms with Crippen LogP contribution in [-0.2, 0) is 11.2 Å². The van der Waals surface area contributed by atoms with E-state index in [4.69, 9.17) is 14.6 Å². The van der Waals surface area contributed by atoms with Crippen LogP contribution in [0.25, 0.3) is 0 Å². The Hall–Kier alpha value is -1.71. The third kappa shape index (κ3) is 3.63. The zero-order valence-corrected chi connectivity index (χ0v) is 12.2. The lowest BCUT2D eigenvalue weighted by molar-refractivity contribution is -0.147. The SMILES string of the molecule is COc1cc(C)c(CCC(C)(C)C(=O)O)cc1OC. The number of benzene rings is 1. The van der Waals surface area contributed by atoms with Crippen molar-refractivity contribution in [2.45, 2.75) is 33.6 Å². The van der Waals surface area contributed by atoms with E-state index in [0.29, 0.717) is 24.3 Å². The average molecular weight is 266 g/mol. The number of ether oxygens (including phenoxy) is 2. The molecule has 4 nitrogen and oxygen atoms in total. The highest BCUT2D eigenvalue weighted by atomic mass is 16.5. The number of methoxy groups -OCH3 is 2. The average Bonchev–Trinajstić information content (AvgIpc) is 2.36. The van der Waals surface area contributed by atoms with E-state index in [9.17, 15) is 4.79 Å². The summed E-state index contributed by atoms with van der Waals surface area (Å²) in [6.07, 6.45) is 1.28. The summed E-state index contributed by atoms with van der Waals surface area (Å²) in [6, 6.07) is 3.84. The molecule has 0 radical (unpaired) electrons. The summed E-state index contributed by atoms with van der Waals surface area (Å²) < 4.78 is 10.5. The molecule has 0 saturated carbocycles. The van der Waals surface area contributed by atoms with Crippen LogP contribution >= 0.6 is 0 Å². The second-order valence-corrected chi connectivity index (χ2v) is 5.32. The van der Waals surface area contributed by atoms with E-state index in [1.807, 2.05) is 19.1 Å². The van der Waals surface area contributed by atoms with Crippen LogP contribution in [0.5, 0.6) is 11.5 Å². The highest BCUT2D eigenvalue weighted by molar-refractivity contribution is 5.73. The van der Waals surface area contributed by atoms with Crippen molar-refractivity contribution >= 4 is 5.97 Å². The van der Waals surface area contributed by atoms with Crippen LogP contribution < -0.4 is 9.47 Å². The molecular weight excluding hydrogens is 244 g/mol. The first kappa shape index (κ1) is 15.3. The lowest BCUT2D eigenvalue weighted by atomic mass is 9.85. The summed E-state index contributed by atoms with van der Waals surface area (Å²) in [7, 11) is 3.20. The zero-order valence-electron chi connectivity index (χ0n) is 12.2. The number of carboxylic acids is 1. The summed E-state index contributed by atoms with van der Waals surface area (Å²) >= 11 is 0. The van der Waals surface area contributed by atoms with Crippen molar-refractivity contribution in [3.8, 4) is 11.5 Å². The van der Waals surface area contributed by atoms with Gasteiger partial charge in [0.1, 0.15) is 0 Å². The fourth-order valence-corrected chi connectivity index (χ4v) is 1.85. The molecule has 0 aliphatic rings. The molecule has 19 heavy (non-hydrogen) atoms. The smallest absolute Gasteiger partial charge is 0.309 e. The lowest BCUT2D eigenvalue weighted by Gasteiger charge is -2.20. The molecule has 1 aromatic rings. The van der Waals surface area contributed by atoms with E-state index < -0.39 is 11.4 Å². The third-order valence-electron chi connectivity index (χ3n) is 3.44. The molecule has 0 aromatic heterocycles. The second-order valence-electron chi connectivity index (χ2n) is 5.32. The summed E-state index contributed by atoms with van der Waals surface area (Å²) in [5.41, 5.74) is 1.45. The molecule has 0 spiro atoms. The topological polar surface area (TPSA) is 55.8 Å². The fraction of sp³-hybridized carbons (Fsp3) is 0.533. The van der Waals surface area contributed by atoms with Gasteiger partial charge in [-0.15, -0.1) is 0 Å². The van der Waals surface area contributed by atoms with Gasteiger partial charge < -0.3 is 14.6 Å². The van der Waals surface area contributed by atoms with Gasteiger partial charge in [-0.2, -0.15) is 0 Å². The van der Waals surface area contributed by atoms with Crippen LogP contribution in [0.1, 0.15) is 31.4 Å². The fourth-order valence-electron chi connectivity index (χ4n) is 1.85. The number of rotatable bonds is 6. The Labute approximate surface area is 114 Å². The van der Waals surface area contributed by atoms with Gasteiger partial charge in [0, 0.05) is 0 Å². The molecule has 0 atom stereocenters. The normalized spacial score (nSPS) is 11.2. The molecule has 0 bridgehead atoms. The van der Waals surface area contributed by atoms with E-state index >= 15 is 0 Å². The van der Waals surface area contributed by atoms with Crippen LogP contribution in [0.3, 0.4) is 0 Å². The number of aryl methyl sites for hydroxylation is 2. The molecule has 0 amide bonds. The van der Waals surface area contributed by atoms with Gasteiger partial charge in [0.2, 0.25) is 0 Å². The summed E-state index contributed by atoms with van der Waals surface area (Å²) in [4.78, 5) is 11.1. The van der Waals surface area contributed by atoms with Gasteiger partial charge in [-0.05, 0) is 56.9 Å². The predicted molar refractivity (Wildman–Crippen MR) is 74.0 cm³/mol. The van der Waals surface area contributed by atoms with Crippen molar-refractivity contribution in [2.75, 3.05) is 14.2 Å². The third-order valence-corrected chi connectivity index (χ3v) is 3.44. The van der Waals surface area contributed by atoms with Crippen LogP contribution in [0.15, 0.2) is 12.1 Å². The van der Waals surface area contributed by atoms with Gasteiger partial charge in [0.25, 0.3) is 0 Å². The number of aliphatic carboxylic acids is 1. The van der Waals surface area contributed by atoms with E-state index in [0.717, 1.165) is 11.1 Å². The molecule has 1 rings (SSSR count). The van der Waals surface area contributed by atoms with Gasteiger partial charge in [-0.3, -0.25) is 4.79 Å². The Balaban J connectivity index is 2.93.